The third-order valence-corrected chi connectivity index (χ3v) is 5.37. The van der Waals surface area contributed by atoms with Gasteiger partial charge in [-0.3, -0.25) is 9.78 Å². The van der Waals surface area contributed by atoms with Gasteiger partial charge in [-0.25, -0.2) is 4.68 Å². The van der Waals surface area contributed by atoms with Crippen LogP contribution < -0.4 is 15.1 Å². The van der Waals surface area contributed by atoms with Crippen molar-refractivity contribution < 1.29 is 19.9 Å². The van der Waals surface area contributed by atoms with Crippen LogP contribution in [0.5, 0.6) is 5.75 Å². The first kappa shape index (κ1) is 22.4. The molecule has 0 aliphatic heterocycles. The molecular weight excluding hydrogens is 422 g/mol. The van der Waals surface area contributed by atoms with Crippen LogP contribution in [-0.2, 0) is 5.41 Å². The number of methoxy groups -OCH3 is 1. The summed E-state index contributed by atoms with van der Waals surface area (Å²) in [7, 11) is 1.42. The summed E-state index contributed by atoms with van der Waals surface area (Å²) in [6, 6.07) is 13.6. The molecule has 33 heavy (non-hydrogen) atoms. The van der Waals surface area contributed by atoms with Crippen molar-refractivity contribution in [3.63, 3.8) is 0 Å². The predicted molar refractivity (Wildman–Crippen MR) is 123 cm³/mol. The van der Waals surface area contributed by atoms with Crippen molar-refractivity contribution in [1.82, 2.24) is 25.1 Å². The first-order chi connectivity index (χ1) is 15.6. The van der Waals surface area contributed by atoms with E-state index in [1.54, 1.807) is 47.4 Å². The minimum absolute atomic E-state index is 0.0156. The lowest BCUT2D eigenvalue weighted by atomic mass is 9.87. The zero-order valence-electron chi connectivity index (χ0n) is 18.9. The largest absolute Gasteiger partial charge is 0.491 e. The maximum Gasteiger partial charge on any atom is 0.302 e. The van der Waals surface area contributed by atoms with E-state index in [1.165, 1.54) is 7.11 Å². The number of nitrogens with one attached hydrogen (secondary N) is 1. The van der Waals surface area contributed by atoms with E-state index in [4.69, 9.17) is 4.74 Å². The van der Waals surface area contributed by atoms with Gasteiger partial charge >= 0.3 is 5.91 Å². The maximum atomic E-state index is 12.9. The molecule has 170 valence electrons. The van der Waals surface area contributed by atoms with Gasteiger partial charge in [0.1, 0.15) is 0 Å². The Morgan fingerprint density at radius 3 is 2.55 bits per heavy atom. The highest BCUT2D eigenvalue weighted by Gasteiger charge is 2.36. The molecule has 0 aliphatic rings. The van der Waals surface area contributed by atoms with Gasteiger partial charge in [0.25, 0.3) is 5.69 Å². The monoisotopic (exact) mass is 448 g/mol. The van der Waals surface area contributed by atoms with Crippen molar-refractivity contribution in [3.8, 4) is 11.4 Å². The normalized spacial score (nSPS) is 12.1. The number of rotatable bonds is 5. The Morgan fingerprint density at radius 1 is 1.09 bits per heavy atom. The van der Waals surface area contributed by atoms with Crippen LogP contribution in [-0.4, -0.2) is 38.2 Å². The van der Waals surface area contributed by atoms with Gasteiger partial charge in [0.15, 0.2) is 5.75 Å². The number of fused-ring (bicyclic) bond motifs is 1. The second-order valence-corrected chi connectivity index (χ2v) is 8.69. The molecule has 0 fully saturated rings. The molecule has 0 aliphatic carbocycles. The number of aromatic nitrogens is 3. The van der Waals surface area contributed by atoms with Crippen LogP contribution in [0.25, 0.3) is 16.6 Å². The van der Waals surface area contributed by atoms with Crippen LogP contribution in [0.2, 0.25) is 0 Å². The van der Waals surface area contributed by atoms with Gasteiger partial charge in [0, 0.05) is 35.6 Å². The van der Waals surface area contributed by atoms with E-state index in [0.29, 0.717) is 5.52 Å². The number of amides is 1. The number of nitrogens with zero attached hydrogens (tertiary/aromatic N) is 4. The Bertz CT molecular complexity index is 1310. The first-order valence-electron chi connectivity index (χ1n) is 10.4. The average molecular weight is 449 g/mol. The number of carbonyl (C=O) groups is 1. The average Bonchev–Trinajstić information content (AvgIpc) is 3.31. The third kappa shape index (κ3) is 4.42. The Kier molecular flexibility index (Phi) is 5.62. The molecule has 9 heteroatoms. The molecule has 4 rings (SSSR count). The van der Waals surface area contributed by atoms with E-state index in [-0.39, 0.29) is 22.4 Å². The molecule has 2 aromatic carbocycles. The molecule has 2 heterocycles. The summed E-state index contributed by atoms with van der Waals surface area (Å²) in [4.78, 5) is 15.4. The minimum atomic E-state index is -1.87. The van der Waals surface area contributed by atoms with Crippen molar-refractivity contribution >= 4 is 22.5 Å². The topological polar surface area (TPSA) is 110 Å². The van der Waals surface area contributed by atoms with E-state index < -0.39 is 10.8 Å². The predicted octanol–water partition coefficient (Wildman–Crippen LogP) is 4.16. The van der Waals surface area contributed by atoms with Crippen molar-refractivity contribution in [3.05, 3.63) is 78.2 Å². The maximum absolute atomic E-state index is 12.9. The summed E-state index contributed by atoms with van der Waals surface area (Å²) < 4.78 is 7.00. The van der Waals surface area contributed by atoms with E-state index in [1.807, 2.05) is 45.2 Å². The van der Waals surface area contributed by atoms with Gasteiger partial charge in [-0.05, 0) is 47.4 Å². The molecule has 0 radical (unpaired) electrons. The lowest BCUT2D eigenvalue weighted by Gasteiger charge is -2.25. The zero-order chi connectivity index (χ0) is 23.8. The molecule has 0 spiro atoms. The number of ether oxygens (including phenoxy) is 1. The van der Waals surface area contributed by atoms with Crippen LogP contribution >= 0.6 is 0 Å². The summed E-state index contributed by atoms with van der Waals surface area (Å²) >= 11 is 0. The van der Waals surface area contributed by atoms with Gasteiger partial charge in [-0.15, -0.1) is 15.8 Å². The summed E-state index contributed by atoms with van der Waals surface area (Å²) in [5.41, 5.74) is 4.41. The second kappa shape index (κ2) is 8.28. The minimum Gasteiger partial charge on any atom is -0.491 e. The number of pyridine rings is 1. The van der Waals surface area contributed by atoms with Gasteiger partial charge in [-0.2, -0.15) is 5.10 Å². The van der Waals surface area contributed by atoms with Crippen molar-refractivity contribution in [2.24, 2.45) is 0 Å². The fraction of sp³-hybridized carbons (Fsp3) is 0.208. The highest BCUT2D eigenvalue weighted by atomic mass is 16.9. The number of quaternary nitrogens is 1. The molecular formula is C24H26N5O4+. The first-order valence-corrected chi connectivity index (χ1v) is 10.4. The molecule has 1 amide bonds. The highest BCUT2D eigenvalue weighted by molar-refractivity contribution is 5.99. The van der Waals surface area contributed by atoms with Crippen LogP contribution in [0.1, 0.15) is 36.7 Å². The summed E-state index contributed by atoms with van der Waals surface area (Å²) in [5.74, 6) is -0.478. The van der Waals surface area contributed by atoms with Gasteiger partial charge in [0.2, 0.25) is 0 Å². The number of carbonyl (C=O) groups excluding carboxylic acids is 1. The fourth-order valence-corrected chi connectivity index (χ4v) is 3.55. The van der Waals surface area contributed by atoms with E-state index in [2.05, 4.69) is 15.5 Å². The summed E-state index contributed by atoms with van der Waals surface area (Å²) in [6.45, 7) is 6.00. The van der Waals surface area contributed by atoms with E-state index >= 15 is 0 Å². The summed E-state index contributed by atoms with van der Waals surface area (Å²) in [6.07, 6.45) is 5.12. The Labute approximate surface area is 191 Å². The number of hydrogen-bond acceptors (Lipinski definition) is 6. The number of benzene rings is 2. The van der Waals surface area contributed by atoms with Gasteiger partial charge < -0.3 is 4.74 Å². The molecule has 0 saturated heterocycles. The molecule has 9 nitrogen and oxygen atoms in total. The molecule has 3 N–H and O–H groups in total. The smallest absolute Gasteiger partial charge is 0.302 e. The third-order valence-electron chi connectivity index (χ3n) is 5.37. The van der Waals surface area contributed by atoms with Crippen molar-refractivity contribution in [2.75, 3.05) is 7.11 Å². The van der Waals surface area contributed by atoms with Gasteiger partial charge in [-0.1, -0.05) is 26.8 Å². The second-order valence-electron chi connectivity index (χ2n) is 8.69. The van der Waals surface area contributed by atoms with Gasteiger partial charge in [0.05, 0.1) is 23.2 Å². The van der Waals surface area contributed by atoms with Crippen molar-refractivity contribution in [2.45, 2.75) is 26.2 Å². The fourth-order valence-electron chi connectivity index (χ4n) is 3.55. The molecule has 0 unspecified atom stereocenters. The van der Waals surface area contributed by atoms with Crippen molar-refractivity contribution in [1.29, 1.82) is 0 Å². The lowest BCUT2D eigenvalue weighted by molar-refractivity contribution is -0.315. The molecule has 2 aromatic heterocycles. The molecule has 4 aromatic rings. The van der Waals surface area contributed by atoms with Crippen LogP contribution in [0.15, 0.2) is 67.1 Å². The van der Waals surface area contributed by atoms with Crippen LogP contribution in [0, 0.1) is 0 Å². The van der Waals surface area contributed by atoms with E-state index in [0.717, 1.165) is 16.6 Å². The Morgan fingerprint density at radius 2 is 1.88 bits per heavy atom. The quantitative estimate of drug-likeness (QED) is 0.312. The molecule has 0 saturated carbocycles. The number of hydrogen-bond donors (Lipinski definition) is 3. The van der Waals surface area contributed by atoms with Crippen LogP contribution in [0.4, 0.5) is 5.69 Å². The lowest BCUT2D eigenvalue weighted by Crippen LogP contribution is -2.57. The zero-order valence-corrected chi connectivity index (χ0v) is 18.9. The summed E-state index contributed by atoms with van der Waals surface area (Å²) in [5, 5.41) is 26.6. The Balaban J connectivity index is 1.67. The standard InChI is InChI=1S/C24H25N5O4/c1-24(2,3)17-7-9-22(33-4)21(15-17)29(31,32)27-23(30)16-6-8-18-19(14-16)25-12-10-20(18)28-13-5-11-26-28/h5-15,31-32H,1-4H3/p+1. The van der Waals surface area contributed by atoms with E-state index in [9.17, 15) is 15.2 Å². The molecule has 0 atom stereocenters. The highest BCUT2D eigenvalue weighted by Crippen LogP contribution is 2.35. The molecule has 0 bridgehead atoms. The van der Waals surface area contributed by atoms with Crippen LogP contribution in [0.3, 0.4) is 0 Å². The SMILES string of the molecule is COc1ccc(C(C)(C)C)cc1[N+](O)(O)NC(=O)c1ccc2c(-n3cccn3)ccnc2c1. The Hall–Kier alpha value is -3.79.